The van der Waals surface area contributed by atoms with E-state index < -0.39 is 0 Å². The maximum Gasteiger partial charge on any atom is 2.00 e. The number of para-hydroxylation sites is 1. The van der Waals surface area contributed by atoms with Crippen molar-refractivity contribution in [1.29, 1.82) is 0 Å². The Kier molecular flexibility index (Phi) is 14.0. The van der Waals surface area contributed by atoms with Crippen molar-refractivity contribution in [3.63, 3.8) is 0 Å². The molecule has 1 aliphatic rings. The molecule has 0 fully saturated rings. The first-order chi connectivity index (χ1) is 17.1. The average molecular weight is 650 g/mol. The maximum absolute atomic E-state index is 6.87. The summed E-state index contributed by atoms with van der Waals surface area (Å²) in [4.78, 5) is 2.37. The molecule has 0 radical (unpaired) electrons. The van der Waals surface area contributed by atoms with Crippen LogP contribution < -0.4 is 42.1 Å². The predicted octanol–water partition coefficient (Wildman–Crippen LogP) is -1.07. The second-order valence-electron chi connectivity index (χ2n) is 8.74. The molecule has 2 nitrogen and oxygen atoms in total. The van der Waals surface area contributed by atoms with Gasteiger partial charge in [-0.1, -0.05) is 72.3 Å². The third-order valence-electron chi connectivity index (χ3n) is 6.83. The number of rotatable bonds is 6. The third kappa shape index (κ3) is 6.79. The molecule has 7 heteroatoms. The number of allylic oxidation sites excluding steroid dienone is 1. The molecule has 1 aliphatic heterocycles. The van der Waals surface area contributed by atoms with Gasteiger partial charge in [0.15, 0.2) is 0 Å². The fourth-order valence-corrected chi connectivity index (χ4v) is 5.34. The second-order valence-corrected chi connectivity index (χ2v) is 9.15. The van der Waals surface area contributed by atoms with Crippen LogP contribution in [0.5, 0.6) is 0 Å². The summed E-state index contributed by atoms with van der Waals surface area (Å²) in [5.74, 6) is 0. The minimum atomic E-state index is 0. The molecule has 0 aliphatic carbocycles. The number of benzene rings is 4. The molecule has 0 aromatic heterocycles. The third-order valence-corrected chi connectivity index (χ3v) is 7.16. The summed E-state index contributed by atoms with van der Waals surface area (Å²) in [6, 6.07) is 36.4. The van der Waals surface area contributed by atoms with Crippen molar-refractivity contribution < 1.29 is 61.3 Å². The molecule has 0 N–H and O–H groups in total. The fraction of sp³-hybridized carbons (Fsp3) is 0.156. The van der Waals surface area contributed by atoms with E-state index in [1.54, 1.807) is 0 Å². The standard InChI is InChI=1S/C32H30ClN2.3ClH.Zn/c1-4-35(5-2)25-21-19-23(20-22-25)30(26-15-9-11-17-28(26)33)31-27-16-10-12-18-29(27)34(3)32(31)24-13-7-6-8-14-24;;;;/h6-22H,4-5H2,1-3H3;3*1H;/q+1;;;;+2/p-3. The zero-order chi connectivity index (χ0) is 24.4. The predicted molar refractivity (Wildman–Crippen MR) is 150 cm³/mol. The molecular weight excluding hydrogens is 620 g/mol. The van der Waals surface area contributed by atoms with Crippen molar-refractivity contribution in [3.8, 4) is 0 Å². The molecule has 0 atom stereocenters. The van der Waals surface area contributed by atoms with Gasteiger partial charge in [-0.15, -0.1) is 0 Å². The van der Waals surface area contributed by atoms with Gasteiger partial charge in [0.25, 0.3) is 0 Å². The smallest absolute Gasteiger partial charge is 1.00 e. The van der Waals surface area contributed by atoms with Gasteiger partial charge in [0.05, 0.1) is 11.1 Å². The SMILES string of the molecule is CCN(CC)c1ccc(/C(=C2\C(c3ccccc3)=[N+](C)c3ccccc32)c2ccccc2Cl)cc1.[Cl-].[Cl-].[Cl-].[Zn+2]. The van der Waals surface area contributed by atoms with Crippen LogP contribution in [-0.2, 0) is 19.5 Å². The Bertz CT molecular complexity index is 1430. The monoisotopic (exact) mass is 646 g/mol. The van der Waals surface area contributed by atoms with Crippen molar-refractivity contribution in [2.75, 3.05) is 25.0 Å². The Labute approximate surface area is 268 Å². The summed E-state index contributed by atoms with van der Waals surface area (Å²) in [7, 11) is 2.15. The Hall–Kier alpha value is -2.13. The summed E-state index contributed by atoms with van der Waals surface area (Å²) in [5.41, 5.74) is 10.6. The maximum atomic E-state index is 6.87. The minimum absolute atomic E-state index is 0. The van der Waals surface area contributed by atoms with Crippen LogP contribution in [0.1, 0.15) is 36.1 Å². The molecule has 39 heavy (non-hydrogen) atoms. The van der Waals surface area contributed by atoms with E-state index in [1.807, 2.05) is 12.1 Å². The minimum Gasteiger partial charge on any atom is -1.00 e. The first-order valence-electron chi connectivity index (χ1n) is 12.2. The van der Waals surface area contributed by atoms with Gasteiger partial charge in [0.2, 0.25) is 11.4 Å². The van der Waals surface area contributed by atoms with Crippen LogP contribution in [0.15, 0.2) is 103 Å². The molecule has 0 saturated carbocycles. The Morgan fingerprint density at radius 2 is 1.28 bits per heavy atom. The first-order valence-corrected chi connectivity index (χ1v) is 12.6. The number of halogens is 4. The number of hydrogen-bond acceptors (Lipinski definition) is 1. The first kappa shape index (κ1) is 34.9. The van der Waals surface area contributed by atoms with Crippen molar-refractivity contribution in [2.24, 2.45) is 0 Å². The van der Waals surface area contributed by atoms with Crippen LogP contribution in [0.3, 0.4) is 0 Å². The molecule has 0 unspecified atom stereocenters. The molecule has 4 aromatic rings. The van der Waals surface area contributed by atoms with Crippen LogP contribution in [0.25, 0.3) is 11.1 Å². The van der Waals surface area contributed by atoms with Gasteiger partial charge in [-0.3, -0.25) is 0 Å². The summed E-state index contributed by atoms with van der Waals surface area (Å²) >= 11 is 6.87. The molecule has 5 rings (SSSR count). The molecule has 4 aromatic carbocycles. The summed E-state index contributed by atoms with van der Waals surface area (Å²) < 4.78 is 2.31. The fourth-order valence-electron chi connectivity index (χ4n) is 5.11. The van der Waals surface area contributed by atoms with Crippen LogP contribution >= 0.6 is 11.6 Å². The second kappa shape index (κ2) is 15.6. The van der Waals surface area contributed by atoms with E-state index in [-0.39, 0.29) is 56.7 Å². The van der Waals surface area contributed by atoms with Gasteiger partial charge in [-0.2, -0.15) is 4.58 Å². The molecule has 0 amide bonds. The van der Waals surface area contributed by atoms with E-state index in [0.717, 1.165) is 34.8 Å². The number of fused-ring (bicyclic) bond motifs is 1. The summed E-state index contributed by atoms with van der Waals surface area (Å²) in [6.45, 7) is 6.36. The van der Waals surface area contributed by atoms with Gasteiger partial charge in [-0.05, 0) is 55.8 Å². The molecular formula is C32H30Cl4N2Zn. The van der Waals surface area contributed by atoms with Crippen molar-refractivity contribution in [2.45, 2.75) is 13.8 Å². The largest absolute Gasteiger partial charge is 2.00 e. The van der Waals surface area contributed by atoms with E-state index in [1.165, 1.54) is 33.8 Å². The number of nitrogens with zero attached hydrogens (tertiary/aromatic N) is 2. The number of anilines is 1. The topological polar surface area (TPSA) is 6.25 Å². The molecule has 1 heterocycles. The molecule has 0 bridgehead atoms. The Morgan fingerprint density at radius 3 is 1.90 bits per heavy atom. The Balaban J connectivity index is 0.00000190. The average Bonchev–Trinajstić information content (AvgIpc) is 3.19. The van der Waals surface area contributed by atoms with Crippen LogP contribution in [0.2, 0.25) is 5.02 Å². The van der Waals surface area contributed by atoms with Crippen LogP contribution in [-0.4, -0.2) is 30.4 Å². The van der Waals surface area contributed by atoms with Gasteiger partial charge in [-0.25, -0.2) is 0 Å². The zero-order valence-electron chi connectivity index (χ0n) is 22.3. The summed E-state index contributed by atoms with van der Waals surface area (Å²) in [6.07, 6.45) is 0. The van der Waals surface area contributed by atoms with E-state index in [9.17, 15) is 0 Å². The van der Waals surface area contributed by atoms with Crippen LogP contribution in [0, 0.1) is 0 Å². The van der Waals surface area contributed by atoms with Gasteiger partial charge in [0, 0.05) is 46.6 Å². The summed E-state index contributed by atoms with van der Waals surface area (Å²) in [5, 5.41) is 0.752. The van der Waals surface area contributed by atoms with Crippen LogP contribution in [0.4, 0.5) is 11.4 Å². The Morgan fingerprint density at radius 1 is 0.718 bits per heavy atom. The van der Waals surface area contributed by atoms with E-state index >= 15 is 0 Å². The van der Waals surface area contributed by atoms with Crippen molar-refractivity contribution >= 4 is 39.8 Å². The number of hydrogen-bond donors (Lipinski definition) is 0. The van der Waals surface area contributed by atoms with Gasteiger partial charge >= 0.3 is 19.5 Å². The quantitative estimate of drug-likeness (QED) is 0.191. The van der Waals surface area contributed by atoms with Crippen molar-refractivity contribution in [3.05, 3.63) is 130 Å². The molecule has 0 spiro atoms. The van der Waals surface area contributed by atoms with E-state index in [0.29, 0.717) is 0 Å². The zero-order valence-corrected chi connectivity index (χ0v) is 28.3. The normalized spacial score (nSPS) is 12.7. The van der Waals surface area contributed by atoms with Crippen molar-refractivity contribution in [1.82, 2.24) is 0 Å². The van der Waals surface area contributed by atoms with E-state index in [2.05, 4.69) is 121 Å². The molecule has 0 saturated heterocycles. The van der Waals surface area contributed by atoms with Gasteiger partial charge < -0.3 is 42.1 Å². The van der Waals surface area contributed by atoms with Gasteiger partial charge in [0.1, 0.15) is 7.05 Å². The van der Waals surface area contributed by atoms with E-state index in [4.69, 9.17) is 11.6 Å². The molecule has 198 valence electrons.